The molecule has 0 aromatic carbocycles. The summed E-state index contributed by atoms with van der Waals surface area (Å²) in [5.41, 5.74) is 0.226. The van der Waals surface area contributed by atoms with Gasteiger partial charge in [0.2, 0.25) is 0 Å². The SMILES string of the molecule is Cc1cc(C(=O)N[C@H]2CCS(=O)(=O)C(C)(C)C2)no1. The van der Waals surface area contributed by atoms with Crippen molar-refractivity contribution in [1.29, 1.82) is 0 Å². The monoisotopic (exact) mass is 286 g/mol. The van der Waals surface area contributed by atoms with E-state index in [4.69, 9.17) is 4.52 Å². The first-order valence-electron chi connectivity index (χ1n) is 6.18. The van der Waals surface area contributed by atoms with Crippen LogP contribution in [0.25, 0.3) is 0 Å². The third-order valence-electron chi connectivity index (χ3n) is 3.51. The molecule has 2 heterocycles. The summed E-state index contributed by atoms with van der Waals surface area (Å²) in [4.78, 5) is 11.9. The van der Waals surface area contributed by atoms with Crippen molar-refractivity contribution < 1.29 is 17.7 Å². The second-order valence-electron chi connectivity index (χ2n) is 5.56. The molecule has 7 heteroatoms. The molecule has 1 saturated heterocycles. The third kappa shape index (κ3) is 2.80. The van der Waals surface area contributed by atoms with Crippen molar-refractivity contribution in [1.82, 2.24) is 10.5 Å². The van der Waals surface area contributed by atoms with Crippen LogP contribution in [-0.4, -0.2) is 36.0 Å². The van der Waals surface area contributed by atoms with E-state index < -0.39 is 14.6 Å². The lowest BCUT2D eigenvalue weighted by Gasteiger charge is -2.35. The molecule has 106 valence electrons. The Labute approximate surface area is 112 Å². The molecule has 6 nitrogen and oxygen atoms in total. The van der Waals surface area contributed by atoms with Gasteiger partial charge in [0.25, 0.3) is 5.91 Å². The fraction of sp³-hybridized carbons (Fsp3) is 0.667. The molecular weight excluding hydrogens is 268 g/mol. The Balaban J connectivity index is 2.04. The van der Waals surface area contributed by atoms with Crippen molar-refractivity contribution >= 4 is 15.7 Å². The summed E-state index contributed by atoms with van der Waals surface area (Å²) in [7, 11) is -3.08. The molecule has 1 atom stereocenters. The molecule has 0 saturated carbocycles. The van der Waals surface area contributed by atoms with E-state index in [9.17, 15) is 13.2 Å². The lowest BCUT2D eigenvalue weighted by Crippen LogP contribution is -2.49. The number of aromatic nitrogens is 1. The van der Waals surface area contributed by atoms with Crippen molar-refractivity contribution in [2.45, 2.75) is 44.4 Å². The predicted octanol–water partition coefficient (Wildman–Crippen LogP) is 1.07. The van der Waals surface area contributed by atoms with Crippen LogP contribution < -0.4 is 5.32 Å². The molecule has 1 aromatic heterocycles. The molecule has 1 aliphatic heterocycles. The first kappa shape index (κ1) is 14.0. The summed E-state index contributed by atoms with van der Waals surface area (Å²) in [5, 5.41) is 6.46. The highest BCUT2D eigenvalue weighted by Crippen LogP contribution is 2.30. The Bertz CT molecular complexity index is 589. The van der Waals surface area contributed by atoms with E-state index in [2.05, 4.69) is 10.5 Å². The fourth-order valence-electron chi connectivity index (χ4n) is 2.25. The highest BCUT2D eigenvalue weighted by molar-refractivity contribution is 7.92. The topological polar surface area (TPSA) is 89.3 Å². The van der Waals surface area contributed by atoms with Gasteiger partial charge in [0.15, 0.2) is 15.5 Å². The lowest BCUT2D eigenvalue weighted by molar-refractivity contribution is 0.0921. The van der Waals surface area contributed by atoms with Crippen LogP contribution in [0.5, 0.6) is 0 Å². The number of rotatable bonds is 2. The largest absolute Gasteiger partial charge is 0.361 e. The second-order valence-corrected chi connectivity index (χ2v) is 8.31. The minimum absolute atomic E-state index is 0.1000. The molecule has 0 bridgehead atoms. The van der Waals surface area contributed by atoms with E-state index >= 15 is 0 Å². The second kappa shape index (κ2) is 4.63. The van der Waals surface area contributed by atoms with Crippen molar-refractivity contribution in [2.24, 2.45) is 0 Å². The minimum Gasteiger partial charge on any atom is -0.361 e. The number of amides is 1. The highest BCUT2D eigenvalue weighted by Gasteiger charge is 2.41. The molecule has 1 aromatic rings. The Morgan fingerprint density at radius 3 is 2.74 bits per heavy atom. The number of nitrogens with zero attached hydrogens (tertiary/aromatic N) is 1. The average Bonchev–Trinajstić information content (AvgIpc) is 2.70. The zero-order valence-corrected chi connectivity index (χ0v) is 12.1. The Hall–Kier alpha value is -1.37. The summed E-state index contributed by atoms with van der Waals surface area (Å²) < 4.78 is 27.8. The summed E-state index contributed by atoms with van der Waals surface area (Å²) in [6.45, 7) is 5.10. The van der Waals surface area contributed by atoms with Gasteiger partial charge in [-0.2, -0.15) is 0 Å². The van der Waals surface area contributed by atoms with Crippen LogP contribution in [0.15, 0.2) is 10.6 Å². The normalized spacial score (nSPS) is 24.9. The van der Waals surface area contributed by atoms with Gasteiger partial charge in [-0.05, 0) is 33.6 Å². The number of carbonyl (C=O) groups excluding carboxylic acids is 1. The van der Waals surface area contributed by atoms with Crippen molar-refractivity contribution in [3.8, 4) is 0 Å². The maximum absolute atomic E-state index is 11.9. The molecule has 19 heavy (non-hydrogen) atoms. The maximum atomic E-state index is 11.9. The Kier molecular flexibility index (Phi) is 3.42. The molecule has 0 unspecified atom stereocenters. The van der Waals surface area contributed by atoms with Crippen LogP contribution in [0.3, 0.4) is 0 Å². The molecule has 1 N–H and O–H groups in total. The molecule has 0 radical (unpaired) electrons. The number of nitrogens with one attached hydrogen (secondary N) is 1. The van der Waals surface area contributed by atoms with Crippen molar-refractivity contribution in [2.75, 3.05) is 5.75 Å². The van der Waals surface area contributed by atoms with E-state index in [1.807, 2.05) is 0 Å². The van der Waals surface area contributed by atoms with Crippen LogP contribution in [0.2, 0.25) is 0 Å². The van der Waals surface area contributed by atoms with Gasteiger partial charge in [0.1, 0.15) is 5.76 Å². The smallest absolute Gasteiger partial charge is 0.273 e. The number of aryl methyl sites for hydroxylation is 1. The molecule has 1 amide bonds. The van der Waals surface area contributed by atoms with E-state index in [1.165, 1.54) is 0 Å². The Morgan fingerprint density at radius 1 is 1.53 bits per heavy atom. The van der Waals surface area contributed by atoms with Gasteiger partial charge in [0.05, 0.1) is 10.5 Å². The van der Waals surface area contributed by atoms with Gasteiger partial charge in [-0.3, -0.25) is 4.79 Å². The van der Waals surface area contributed by atoms with Crippen molar-refractivity contribution in [3.05, 3.63) is 17.5 Å². The number of hydrogen-bond acceptors (Lipinski definition) is 5. The van der Waals surface area contributed by atoms with E-state index in [-0.39, 0.29) is 23.4 Å². The number of sulfone groups is 1. The van der Waals surface area contributed by atoms with Gasteiger partial charge >= 0.3 is 0 Å². The maximum Gasteiger partial charge on any atom is 0.273 e. The summed E-state index contributed by atoms with van der Waals surface area (Å²) in [6.07, 6.45) is 0.853. The quantitative estimate of drug-likeness (QED) is 0.878. The van der Waals surface area contributed by atoms with Crippen LogP contribution in [0.1, 0.15) is 42.9 Å². The first-order chi connectivity index (χ1) is 8.71. The number of hydrogen-bond donors (Lipinski definition) is 1. The number of carbonyl (C=O) groups is 1. The highest BCUT2D eigenvalue weighted by atomic mass is 32.2. The zero-order valence-electron chi connectivity index (χ0n) is 11.3. The minimum atomic E-state index is -3.08. The van der Waals surface area contributed by atoms with Crippen molar-refractivity contribution in [3.63, 3.8) is 0 Å². The molecule has 0 aliphatic carbocycles. The fourth-order valence-corrected chi connectivity index (χ4v) is 3.85. The summed E-state index contributed by atoms with van der Waals surface area (Å²) in [6, 6.07) is 1.41. The molecule has 0 spiro atoms. The van der Waals surface area contributed by atoms with Crippen LogP contribution in [0, 0.1) is 6.92 Å². The van der Waals surface area contributed by atoms with Crippen LogP contribution in [-0.2, 0) is 9.84 Å². The predicted molar refractivity (Wildman–Crippen MR) is 69.6 cm³/mol. The van der Waals surface area contributed by atoms with Crippen LogP contribution in [0.4, 0.5) is 0 Å². The summed E-state index contributed by atoms with van der Waals surface area (Å²) >= 11 is 0. The average molecular weight is 286 g/mol. The summed E-state index contributed by atoms with van der Waals surface area (Å²) in [5.74, 6) is 0.344. The standard InChI is InChI=1S/C12H18N2O4S/c1-8-6-10(14-18-8)11(15)13-9-4-5-19(16,17)12(2,3)7-9/h6,9H,4-5,7H2,1-3H3,(H,13,15)/t9-/m0/s1. The van der Waals surface area contributed by atoms with Gasteiger partial charge in [-0.15, -0.1) is 0 Å². The van der Waals surface area contributed by atoms with Gasteiger partial charge in [-0.25, -0.2) is 8.42 Å². The first-order valence-corrected chi connectivity index (χ1v) is 7.83. The van der Waals surface area contributed by atoms with Crippen LogP contribution >= 0.6 is 0 Å². The van der Waals surface area contributed by atoms with Gasteiger partial charge in [-0.1, -0.05) is 5.16 Å². The molecule has 1 aliphatic rings. The van der Waals surface area contributed by atoms with E-state index in [1.54, 1.807) is 26.8 Å². The molecule has 2 rings (SSSR count). The van der Waals surface area contributed by atoms with Gasteiger partial charge in [0, 0.05) is 12.1 Å². The molecular formula is C12H18N2O4S. The molecule has 1 fully saturated rings. The third-order valence-corrected chi connectivity index (χ3v) is 6.13. The van der Waals surface area contributed by atoms with E-state index in [0.29, 0.717) is 18.6 Å². The zero-order chi connectivity index (χ0) is 14.3. The van der Waals surface area contributed by atoms with E-state index in [0.717, 1.165) is 0 Å². The Morgan fingerprint density at radius 2 is 2.21 bits per heavy atom. The van der Waals surface area contributed by atoms with Gasteiger partial charge < -0.3 is 9.84 Å². The lowest BCUT2D eigenvalue weighted by atomic mass is 10.00.